The molecule has 0 saturated carbocycles. The van der Waals surface area contributed by atoms with Crippen molar-refractivity contribution in [1.82, 2.24) is 14.9 Å². The lowest BCUT2D eigenvalue weighted by Gasteiger charge is -2.11. The van der Waals surface area contributed by atoms with Crippen LogP contribution in [0.3, 0.4) is 0 Å². The fourth-order valence-corrected chi connectivity index (χ4v) is 4.88. The number of benzene rings is 1. The summed E-state index contributed by atoms with van der Waals surface area (Å²) >= 11 is 1.58. The van der Waals surface area contributed by atoms with Crippen molar-refractivity contribution in [2.75, 3.05) is 0 Å². The number of amides is 1. The fraction of sp³-hybridized carbons (Fsp3) is 0.381. The molecule has 2 heterocycles. The molecule has 1 aromatic carbocycles. The van der Waals surface area contributed by atoms with E-state index in [1.54, 1.807) is 11.3 Å². The molecule has 2 aromatic heterocycles. The molecule has 0 saturated heterocycles. The monoisotopic (exact) mass is 435 g/mol. The average molecular weight is 435 g/mol. The highest BCUT2D eigenvalue weighted by Crippen LogP contribution is 2.33. The van der Waals surface area contributed by atoms with Gasteiger partial charge in [-0.2, -0.15) is 13.2 Å². The molecule has 0 unspecified atom stereocenters. The lowest BCUT2D eigenvalue weighted by molar-refractivity contribution is -0.137. The molecule has 30 heavy (non-hydrogen) atoms. The van der Waals surface area contributed by atoms with Gasteiger partial charge in [-0.05, 0) is 48.9 Å². The van der Waals surface area contributed by atoms with Crippen LogP contribution < -0.4 is 10.9 Å². The van der Waals surface area contributed by atoms with Gasteiger partial charge < -0.3 is 5.32 Å². The number of fused-ring (bicyclic) bond motifs is 3. The van der Waals surface area contributed by atoms with Crippen molar-refractivity contribution in [2.24, 2.45) is 0 Å². The molecular formula is C21H20F3N3O2S. The van der Waals surface area contributed by atoms with Gasteiger partial charge in [0.1, 0.15) is 4.83 Å². The molecule has 0 atom stereocenters. The van der Waals surface area contributed by atoms with Gasteiger partial charge in [0.05, 0.1) is 17.3 Å². The van der Waals surface area contributed by atoms with E-state index in [4.69, 9.17) is 0 Å². The van der Waals surface area contributed by atoms with Gasteiger partial charge in [0, 0.05) is 24.4 Å². The van der Waals surface area contributed by atoms with E-state index in [-0.39, 0.29) is 31.0 Å². The molecule has 0 aliphatic heterocycles. The van der Waals surface area contributed by atoms with Gasteiger partial charge in [0.25, 0.3) is 5.56 Å². The average Bonchev–Trinajstić information content (AvgIpc) is 3.11. The van der Waals surface area contributed by atoms with Crippen LogP contribution in [-0.2, 0) is 36.9 Å². The fourth-order valence-electron chi connectivity index (χ4n) is 3.66. The van der Waals surface area contributed by atoms with Crippen LogP contribution in [0.4, 0.5) is 13.2 Å². The first-order valence-corrected chi connectivity index (χ1v) is 10.6. The van der Waals surface area contributed by atoms with Crippen LogP contribution in [0.25, 0.3) is 10.2 Å². The summed E-state index contributed by atoms with van der Waals surface area (Å²) < 4.78 is 39.2. The highest BCUT2D eigenvalue weighted by molar-refractivity contribution is 7.18. The van der Waals surface area contributed by atoms with Crippen LogP contribution in [0.15, 0.2) is 35.4 Å². The van der Waals surface area contributed by atoms with Crippen LogP contribution in [0, 0.1) is 0 Å². The molecule has 0 fully saturated rings. The van der Waals surface area contributed by atoms with Crippen molar-refractivity contribution in [3.8, 4) is 0 Å². The largest absolute Gasteiger partial charge is 0.416 e. The molecule has 0 spiro atoms. The van der Waals surface area contributed by atoms with Gasteiger partial charge in [-0.25, -0.2) is 4.98 Å². The van der Waals surface area contributed by atoms with Gasteiger partial charge in [-0.3, -0.25) is 14.2 Å². The first kappa shape index (κ1) is 20.6. The van der Waals surface area contributed by atoms with Crippen molar-refractivity contribution >= 4 is 27.5 Å². The van der Waals surface area contributed by atoms with E-state index in [2.05, 4.69) is 10.3 Å². The van der Waals surface area contributed by atoms with E-state index in [0.717, 1.165) is 48.2 Å². The summed E-state index contributed by atoms with van der Waals surface area (Å²) in [4.78, 5) is 31.4. The molecule has 0 radical (unpaired) electrons. The van der Waals surface area contributed by atoms with Crippen molar-refractivity contribution < 1.29 is 18.0 Å². The zero-order chi connectivity index (χ0) is 21.3. The number of aryl methyl sites for hydroxylation is 3. The Balaban J connectivity index is 1.37. The number of carbonyl (C=O) groups excluding carboxylic acids is 1. The zero-order valence-electron chi connectivity index (χ0n) is 16.1. The van der Waals surface area contributed by atoms with Crippen molar-refractivity contribution in [2.45, 2.75) is 51.4 Å². The number of aromatic nitrogens is 2. The molecule has 1 aliphatic rings. The Labute approximate surface area is 174 Å². The molecule has 9 heteroatoms. The summed E-state index contributed by atoms with van der Waals surface area (Å²) in [5.74, 6) is -0.283. The van der Waals surface area contributed by atoms with Crippen molar-refractivity contribution in [1.29, 1.82) is 0 Å². The number of alkyl halides is 3. The van der Waals surface area contributed by atoms with Gasteiger partial charge in [-0.1, -0.05) is 12.1 Å². The minimum Gasteiger partial charge on any atom is -0.352 e. The van der Waals surface area contributed by atoms with Crippen LogP contribution in [-0.4, -0.2) is 15.5 Å². The summed E-state index contributed by atoms with van der Waals surface area (Å²) in [6, 6.07) is 4.66. The minimum absolute atomic E-state index is 0.0834. The third-order valence-electron chi connectivity index (χ3n) is 5.29. The number of halogens is 3. The zero-order valence-corrected chi connectivity index (χ0v) is 16.9. The van der Waals surface area contributed by atoms with E-state index >= 15 is 0 Å². The van der Waals surface area contributed by atoms with Gasteiger partial charge in [-0.15, -0.1) is 11.3 Å². The van der Waals surface area contributed by atoms with E-state index in [0.29, 0.717) is 10.9 Å². The number of nitrogens with one attached hydrogen (secondary N) is 1. The van der Waals surface area contributed by atoms with E-state index in [1.807, 2.05) is 0 Å². The normalized spacial score (nSPS) is 14.0. The standard InChI is InChI=1S/C21H20F3N3O2S/c22-21(23,24)14-7-5-13(6-8-14)11-25-17(28)9-10-27-12-26-19-18(20(27)29)15-3-1-2-4-16(15)30-19/h5-8,12H,1-4,9-11H2,(H,25,28). The molecule has 0 bridgehead atoms. The number of hydrogen-bond donors (Lipinski definition) is 1. The Morgan fingerprint density at radius 3 is 2.63 bits per heavy atom. The second-order valence-corrected chi connectivity index (χ2v) is 8.44. The molecule has 3 aromatic rings. The number of thiophene rings is 1. The van der Waals surface area contributed by atoms with Gasteiger partial charge in [0.2, 0.25) is 5.91 Å². The first-order valence-electron chi connectivity index (χ1n) is 9.75. The Morgan fingerprint density at radius 1 is 1.17 bits per heavy atom. The molecule has 5 nitrogen and oxygen atoms in total. The van der Waals surface area contributed by atoms with E-state index in [1.165, 1.54) is 27.9 Å². The summed E-state index contributed by atoms with van der Waals surface area (Å²) in [5.41, 5.74) is 0.840. The Bertz CT molecular complexity index is 1130. The van der Waals surface area contributed by atoms with E-state index in [9.17, 15) is 22.8 Å². The van der Waals surface area contributed by atoms with Gasteiger partial charge in [0.15, 0.2) is 0 Å². The summed E-state index contributed by atoms with van der Waals surface area (Å²) in [6.07, 6.45) is 1.26. The van der Waals surface area contributed by atoms with Crippen molar-refractivity contribution in [3.63, 3.8) is 0 Å². The molecule has 1 amide bonds. The Hall–Kier alpha value is -2.68. The van der Waals surface area contributed by atoms with Gasteiger partial charge >= 0.3 is 6.18 Å². The van der Waals surface area contributed by atoms with Crippen LogP contribution >= 0.6 is 11.3 Å². The second kappa shape index (κ2) is 8.22. The van der Waals surface area contributed by atoms with Crippen LogP contribution in [0.5, 0.6) is 0 Å². The molecule has 1 aliphatic carbocycles. The highest BCUT2D eigenvalue weighted by atomic mass is 32.1. The van der Waals surface area contributed by atoms with E-state index < -0.39 is 11.7 Å². The molecular weight excluding hydrogens is 415 g/mol. The highest BCUT2D eigenvalue weighted by Gasteiger charge is 2.29. The first-order chi connectivity index (χ1) is 14.3. The third kappa shape index (κ3) is 4.26. The van der Waals surface area contributed by atoms with Crippen molar-refractivity contribution in [3.05, 3.63) is 62.5 Å². The second-order valence-electron chi connectivity index (χ2n) is 7.36. The SMILES string of the molecule is O=C(CCn1cnc2sc3c(c2c1=O)CCCC3)NCc1ccc(C(F)(F)F)cc1. The topological polar surface area (TPSA) is 64.0 Å². The predicted octanol–water partition coefficient (Wildman–Crippen LogP) is 4.06. The molecule has 4 rings (SSSR count). The maximum atomic E-state index is 12.9. The predicted molar refractivity (Wildman–Crippen MR) is 108 cm³/mol. The molecule has 158 valence electrons. The summed E-state index contributed by atoms with van der Waals surface area (Å²) in [5, 5.41) is 3.36. The molecule has 1 N–H and O–H groups in total. The maximum absolute atomic E-state index is 12.9. The Kier molecular flexibility index (Phi) is 5.64. The smallest absolute Gasteiger partial charge is 0.352 e. The summed E-state index contributed by atoms with van der Waals surface area (Å²) in [6.45, 7) is 0.326. The Morgan fingerprint density at radius 2 is 1.90 bits per heavy atom. The third-order valence-corrected chi connectivity index (χ3v) is 6.49. The maximum Gasteiger partial charge on any atom is 0.416 e. The number of hydrogen-bond acceptors (Lipinski definition) is 4. The lowest BCUT2D eigenvalue weighted by Crippen LogP contribution is -2.27. The lowest BCUT2D eigenvalue weighted by atomic mass is 9.97. The number of rotatable bonds is 5. The van der Waals surface area contributed by atoms with Crippen LogP contribution in [0.2, 0.25) is 0 Å². The summed E-state index contributed by atoms with van der Waals surface area (Å²) in [7, 11) is 0. The quantitative estimate of drug-likeness (QED) is 0.657. The van der Waals surface area contributed by atoms with Crippen LogP contribution in [0.1, 0.15) is 40.8 Å². The minimum atomic E-state index is -4.38. The number of carbonyl (C=O) groups is 1. The number of nitrogens with zero attached hydrogens (tertiary/aromatic N) is 2.